The number of aliphatic hydroxyl groups is 1. The van der Waals surface area contributed by atoms with Crippen LogP contribution in [-0.2, 0) is 0 Å². The summed E-state index contributed by atoms with van der Waals surface area (Å²) in [5.41, 5.74) is 0.874. The third-order valence-corrected chi connectivity index (χ3v) is 2.23. The van der Waals surface area contributed by atoms with Crippen LogP contribution in [0.4, 0.5) is 0 Å². The molecule has 16 heavy (non-hydrogen) atoms. The maximum Gasteiger partial charge on any atom is 0.145 e. The van der Waals surface area contributed by atoms with Gasteiger partial charge in [0.2, 0.25) is 0 Å². The molecule has 0 spiro atoms. The van der Waals surface area contributed by atoms with E-state index in [0.29, 0.717) is 5.75 Å². The molecule has 2 aromatic rings. The molecule has 1 N–H and O–H groups in total. The average Bonchev–Trinajstić information content (AvgIpc) is 2.31. The molecule has 0 aliphatic heterocycles. The lowest BCUT2D eigenvalue weighted by atomic mass is 10.1. The monoisotopic (exact) mass is 215 g/mol. The maximum atomic E-state index is 9.35. The summed E-state index contributed by atoms with van der Waals surface area (Å²) in [7, 11) is 0. The van der Waals surface area contributed by atoms with Gasteiger partial charge in [-0.1, -0.05) is 12.1 Å². The van der Waals surface area contributed by atoms with Gasteiger partial charge in [-0.25, -0.2) is 0 Å². The molecule has 1 aromatic carbocycles. The second-order valence-corrected chi connectivity index (χ2v) is 3.54. The summed E-state index contributed by atoms with van der Waals surface area (Å²) in [5, 5.41) is 9.35. The van der Waals surface area contributed by atoms with Crippen LogP contribution in [0.15, 0.2) is 48.8 Å². The third-order valence-electron chi connectivity index (χ3n) is 2.23. The highest BCUT2D eigenvalue weighted by atomic mass is 16.5. The topological polar surface area (TPSA) is 42.4 Å². The molecule has 0 unspecified atom stereocenters. The van der Waals surface area contributed by atoms with Gasteiger partial charge in [-0.05, 0) is 36.8 Å². The molecule has 0 radical (unpaired) electrons. The highest BCUT2D eigenvalue weighted by molar-refractivity contribution is 5.32. The van der Waals surface area contributed by atoms with Crippen molar-refractivity contribution in [3.05, 3.63) is 54.4 Å². The summed E-state index contributed by atoms with van der Waals surface area (Å²) in [6, 6.07) is 11.0. The zero-order valence-corrected chi connectivity index (χ0v) is 9.00. The Morgan fingerprint density at radius 2 is 1.88 bits per heavy atom. The minimum absolute atomic E-state index is 0.451. The Kier molecular flexibility index (Phi) is 3.17. The van der Waals surface area contributed by atoms with Crippen molar-refractivity contribution in [2.24, 2.45) is 0 Å². The van der Waals surface area contributed by atoms with Crippen LogP contribution in [-0.4, -0.2) is 10.1 Å². The SMILES string of the molecule is C[C@H](O)c1ccc(Oc2cccnc2)cc1. The highest BCUT2D eigenvalue weighted by Crippen LogP contribution is 2.22. The summed E-state index contributed by atoms with van der Waals surface area (Å²) in [6.45, 7) is 1.73. The van der Waals surface area contributed by atoms with Crippen LogP contribution in [0.2, 0.25) is 0 Å². The lowest BCUT2D eigenvalue weighted by Gasteiger charge is -2.07. The number of aromatic nitrogens is 1. The van der Waals surface area contributed by atoms with Crippen LogP contribution in [0.3, 0.4) is 0 Å². The molecule has 82 valence electrons. The fraction of sp³-hybridized carbons (Fsp3) is 0.154. The molecular formula is C13H13NO2. The van der Waals surface area contributed by atoms with Crippen LogP contribution in [0.5, 0.6) is 11.5 Å². The minimum Gasteiger partial charge on any atom is -0.456 e. The molecule has 2 rings (SSSR count). The van der Waals surface area contributed by atoms with Gasteiger partial charge in [0.05, 0.1) is 12.3 Å². The Labute approximate surface area is 94.3 Å². The molecule has 0 bridgehead atoms. The summed E-state index contributed by atoms with van der Waals surface area (Å²) in [6.07, 6.45) is 2.90. The molecule has 3 nitrogen and oxygen atoms in total. The summed E-state index contributed by atoms with van der Waals surface area (Å²) in [4.78, 5) is 3.96. The van der Waals surface area contributed by atoms with Crippen molar-refractivity contribution in [1.29, 1.82) is 0 Å². The van der Waals surface area contributed by atoms with Crippen molar-refractivity contribution in [1.82, 2.24) is 4.98 Å². The lowest BCUT2D eigenvalue weighted by molar-refractivity contribution is 0.199. The Morgan fingerprint density at radius 1 is 1.12 bits per heavy atom. The van der Waals surface area contributed by atoms with Crippen molar-refractivity contribution in [3.8, 4) is 11.5 Å². The fourth-order valence-corrected chi connectivity index (χ4v) is 1.36. The van der Waals surface area contributed by atoms with Crippen molar-refractivity contribution in [2.75, 3.05) is 0 Å². The number of pyridine rings is 1. The lowest BCUT2D eigenvalue weighted by Crippen LogP contribution is -1.90. The third kappa shape index (κ3) is 2.58. The van der Waals surface area contributed by atoms with Crippen molar-refractivity contribution < 1.29 is 9.84 Å². The second kappa shape index (κ2) is 4.77. The number of rotatable bonds is 3. The van der Waals surface area contributed by atoms with Gasteiger partial charge in [-0.15, -0.1) is 0 Å². The molecule has 0 fully saturated rings. The van der Waals surface area contributed by atoms with Crippen LogP contribution in [0.25, 0.3) is 0 Å². The van der Waals surface area contributed by atoms with Gasteiger partial charge >= 0.3 is 0 Å². The Hall–Kier alpha value is -1.87. The molecule has 3 heteroatoms. The summed E-state index contributed by atoms with van der Waals surface area (Å²) < 4.78 is 5.57. The van der Waals surface area contributed by atoms with Crippen LogP contribution >= 0.6 is 0 Å². The predicted molar refractivity (Wildman–Crippen MR) is 61.4 cm³/mol. The van der Waals surface area contributed by atoms with Gasteiger partial charge in [-0.2, -0.15) is 0 Å². The molecule has 0 aliphatic rings. The molecule has 0 amide bonds. The van der Waals surface area contributed by atoms with E-state index in [1.807, 2.05) is 36.4 Å². The maximum absolute atomic E-state index is 9.35. The first-order chi connectivity index (χ1) is 7.75. The van der Waals surface area contributed by atoms with Gasteiger partial charge in [0, 0.05) is 6.20 Å². The van der Waals surface area contributed by atoms with E-state index in [1.54, 1.807) is 19.3 Å². The molecule has 1 heterocycles. The zero-order chi connectivity index (χ0) is 11.4. The van der Waals surface area contributed by atoms with Crippen LogP contribution < -0.4 is 4.74 Å². The smallest absolute Gasteiger partial charge is 0.145 e. The van der Waals surface area contributed by atoms with E-state index in [2.05, 4.69) is 4.98 Å². The minimum atomic E-state index is -0.451. The van der Waals surface area contributed by atoms with E-state index >= 15 is 0 Å². The number of hydrogen-bond donors (Lipinski definition) is 1. The standard InChI is InChI=1S/C13H13NO2/c1-10(15)11-4-6-12(7-5-11)16-13-3-2-8-14-9-13/h2-10,15H,1H3/t10-/m0/s1. The molecule has 0 saturated carbocycles. The number of aliphatic hydroxyl groups excluding tert-OH is 1. The number of hydrogen-bond acceptors (Lipinski definition) is 3. The second-order valence-electron chi connectivity index (χ2n) is 3.54. The highest BCUT2D eigenvalue weighted by Gasteiger charge is 2.01. The van der Waals surface area contributed by atoms with E-state index in [4.69, 9.17) is 4.74 Å². The van der Waals surface area contributed by atoms with Crippen molar-refractivity contribution in [3.63, 3.8) is 0 Å². The van der Waals surface area contributed by atoms with E-state index in [0.717, 1.165) is 11.3 Å². The van der Waals surface area contributed by atoms with Gasteiger partial charge in [0.15, 0.2) is 0 Å². The molecule has 1 aromatic heterocycles. The zero-order valence-electron chi connectivity index (χ0n) is 9.00. The molecule has 1 atom stereocenters. The fourth-order valence-electron chi connectivity index (χ4n) is 1.36. The largest absolute Gasteiger partial charge is 0.456 e. The Balaban J connectivity index is 2.11. The Bertz CT molecular complexity index is 437. The normalized spacial score (nSPS) is 12.1. The average molecular weight is 215 g/mol. The number of nitrogens with zero attached hydrogens (tertiary/aromatic N) is 1. The van der Waals surface area contributed by atoms with E-state index in [-0.39, 0.29) is 0 Å². The van der Waals surface area contributed by atoms with E-state index < -0.39 is 6.10 Å². The van der Waals surface area contributed by atoms with E-state index in [9.17, 15) is 5.11 Å². The Morgan fingerprint density at radius 3 is 2.44 bits per heavy atom. The van der Waals surface area contributed by atoms with Gasteiger partial charge in [-0.3, -0.25) is 4.98 Å². The number of ether oxygens (including phenoxy) is 1. The first-order valence-corrected chi connectivity index (χ1v) is 5.11. The van der Waals surface area contributed by atoms with Crippen molar-refractivity contribution in [2.45, 2.75) is 13.0 Å². The van der Waals surface area contributed by atoms with Crippen molar-refractivity contribution >= 4 is 0 Å². The van der Waals surface area contributed by atoms with Gasteiger partial charge < -0.3 is 9.84 Å². The molecular weight excluding hydrogens is 202 g/mol. The first kappa shape index (κ1) is 10.6. The predicted octanol–water partition coefficient (Wildman–Crippen LogP) is 2.93. The summed E-state index contributed by atoms with van der Waals surface area (Å²) in [5.74, 6) is 1.43. The summed E-state index contributed by atoms with van der Waals surface area (Å²) >= 11 is 0. The van der Waals surface area contributed by atoms with Crippen LogP contribution in [0.1, 0.15) is 18.6 Å². The van der Waals surface area contributed by atoms with Crippen LogP contribution in [0, 0.1) is 0 Å². The quantitative estimate of drug-likeness (QED) is 0.855. The first-order valence-electron chi connectivity index (χ1n) is 5.11. The van der Waals surface area contributed by atoms with Gasteiger partial charge in [0.1, 0.15) is 11.5 Å². The van der Waals surface area contributed by atoms with Gasteiger partial charge in [0.25, 0.3) is 0 Å². The molecule has 0 aliphatic carbocycles. The van der Waals surface area contributed by atoms with E-state index in [1.165, 1.54) is 0 Å². The molecule has 0 saturated heterocycles. The number of benzene rings is 1.